The Morgan fingerprint density at radius 1 is 1.00 bits per heavy atom. The van der Waals surface area contributed by atoms with Gasteiger partial charge in [-0.3, -0.25) is 9.80 Å². The number of benzene rings is 2. The van der Waals surface area contributed by atoms with Gasteiger partial charge in [-0.05, 0) is 42.5 Å². The summed E-state index contributed by atoms with van der Waals surface area (Å²) in [5.74, 6) is -0.151. The number of aryl methyl sites for hydroxylation is 1. The number of hydrogen-bond acceptors (Lipinski definition) is 5. The van der Waals surface area contributed by atoms with Gasteiger partial charge in [0.15, 0.2) is 6.61 Å². The van der Waals surface area contributed by atoms with Gasteiger partial charge in [-0.2, -0.15) is 8.78 Å². The lowest BCUT2D eigenvalue weighted by atomic mass is 10.1. The van der Waals surface area contributed by atoms with Gasteiger partial charge in [0.05, 0.1) is 35.3 Å². The van der Waals surface area contributed by atoms with Crippen molar-refractivity contribution in [1.29, 1.82) is 0 Å². The van der Waals surface area contributed by atoms with E-state index < -0.39 is 25.7 Å². The topological polar surface area (TPSA) is 72.7 Å². The number of urea groups is 1. The summed E-state index contributed by atoms with van der Waals surface area (Å²) >= 11 is 0. The molecule has 0 saturated heterocycles. The Morgan fingerprint density at radius 2 is 1.75 bits per heavy atom. The van der Waals surface area contributed by atoms with E-state index in [1.165, 1.54) is 46.3 Å². The number of aromatic nitrogens is 3. The number of nitrogens with zero attached hydrogens (tertiary/aromatic N) is 5. The maximum atomic E-state index is 13.8. The predicted molar refractivity (Wildman–Crippen MR) is 123 cm³/mol. The molecule has 1 aliphatic rings. The van der Waals surface area contributed by atoms with Gasteiger partial charge in [0, 0.05) is 30.6 Å². The van der Waals surface area contributed by atoms with Crippen LogP contribution >= 0.6 is 0 Å². The fourth-order valence-electron chi connectivity index (χ4n) is 3.98. The van der Waals surface area contributed by atoms with E-state index in [1.807, 2.05) is 17.7 Å². The second-order valence-electron chi connectivity index (χ2n) is 7.96. The molecule has 2 amide bonds. The van der Waals surface area contributed by atoms with Crippen LogP contribution in [0.4, 0.5) is 39.4 Å². The summed E-state index contributed by atoms with van der Waals surface area (Å²) in [7, 11) is 1.84. The maximum absolute atomic E-state index is 13.8. The number of carbonyl (C=O) groups is 1. The van der Waals surface area contributed by atoms with Crippen molar-refractivity contribution in [3.05, 3.63) is 66.6 Å². The smallest absolute Gasteiger partial charge is 0.387 e. The van der Waals surface area contributed by atoms with Crippen LogP contribution in [0.2, 0.25) is 0 Å². The molecule has 5 rings (SSSR count). The minimum absolute atomic E-state index is 0.0748. The van der Waals surface area contributed by atoms with E-state index in [1.54, 1.807) is 18.5 Å². The maximum Gasteiger partial charge on any atom is 0.387 e. The number of alkyl halides is 4. The minimum atomic E-state index is -2.99. The van der Waals surface area contributed by atoms with Crippen molar-refractivity contribution in [3.63, 3.8) is 0 Å². The summed E-state index contributed by atoms with van der Waals surface area (Å²) in [6.45, 7) is -3.69. The molecule has 0 bridgehead atoms. The molecule has 0 aliphatic carbocycles. The number of ether oxygens (including phenoxy) is 2. The lowest BCUT2D eigenvalue weighted by Crippen LogP contribution is -2.45. The monoisotopic (exact) mass is 501 g/mol. The number of fused-ring (bicyclic) bond motifs is 2. The van der Waals surface area contributed by atoms with Gasteiger partial charge in [-0.25, -0.2) is 23.5 Å². The Morgan fingerprint density at radius 3 is 2.47 bits per heavy atom. The number of anilines is 3. The summed E-state index contributed by atoms with van der Waals surface area (Å²) in [5, 5.41) is 0. The van der Waals surface area contributed by atoms with E-state index in [9.17, 15) is 22.4 Å². The molecule has 12 heteroatoms. The van der Waals surface area contributed by atoms with Crippen molar-refractivity contribution in [1.82, 2.24) is 14.5 Å². The first-order valence-electron chi connectivity index (χ1n) is 10.8. The molecule has 186 valence electrons. The number of pyridine rings is 1. The quantitative estimate of drug-likeness (QED) is 0.313. The van der Waals surface area contributed by atoms with Crippen LogP contribution in [0, 0.1) is 0 Å². The Labute approximate surface area is 202 Å². The van der Waals surface area contributed by atoms with Crippen LogP contribution in [0.15, 0.2) is 61.1 Å². The largest absolute Gasteiger partial charge is 0.472 e. The Kier molecular flexibility index (Phi) is 6.08. The highest BCUT2D eigenvalue weighted by molar-refractivity contribution is 6.11. The molecule has 2 aromatic heterocycles. The number of rotatable bonds is 7. The van der Waals surface area contributed by atoms with Crippen molar-refractivity contribution >= 4 is 34.1 Å². The van der Waals surface area contributed by atoms with Gasteiger partial charge in [0.25, 0.3) is 6.43 Å². The minimum Gasteiger partial charge on any atom is -0.472 e. The second kappa shape index (κ2) is 9.36. The molecular formula is C24H19F4N5O3. The summed E-state index contributed by atoms with van der Waals surface area (Å²) in [6.07, 6.45) is 0.432. The number of imidazole rings is 1. The third-order valence-corrected chi connectivity index (χ3v) is 5.63. The van der Waals surface area contributed by atoms with Crippen LogP contribution in [0.3, 0.4) is 0 Å². The second-order valence-corrected chi connectivity index (χ2v) is 7.96. The van der Waals surface area contributed by atoms with E-state index in [2.05, 4.69) is 14.7 Å². The molecule has 2 aromatic carbocycles. The molecule has 36 heavy (non-hydrogen) atoms. The molecule has 0 atom stereocenters. The fourth-order valence-corrected chi connectivity index (χ4v) is 3.98. The van der Waals surface area contributed by atoms with Crippen molar-refractivity contribution in [3.8, 4) is 11.6 Å². The molecule has 1 aliphatic heterocycles. The summed E-state index contributed by atoms with van der Waals surface area (Å²) in [5.41, 5.74) is 3.53. The zero-order valence-corrected chi connectivity index (χ0v) is 18.8. The molecular weight excluding hydrogens is 482 g/mol. The van der Waals surface area contributed by atoms with Crippen molar-refractivity contribution in [2.24, 2.45) is 7.05 Å². The average molecular weight is 501 g/mol. The first-order valence-corrected chi connectivity index (χ1v) is 10.8. The van der Waals surface area contributed by atoms with Crippen LogP contribution in [0.1, 0.15) is 5.56 Å². The summed E-state index contributed by atoms with van der Waals surface area (Å²) in [6, 6.07) is 11.9. The van der Waals surface area contributed by atoms with Gasteiger partial charge in [0.2, 0.25) is 5.88 Å². The molecule has 0 spiro atoms. The number of amides is 2. The van der Waals surface area contributed by atoms with Gasteiger partial charge in [0.1, 0.15) is 5.75 Å². The molecule has 0 N–H and O–H groups in total. The average Bonchev–Trinajstić information content (AvgIpc) is 3.22. The predicted octanol–water partition coefficient (Wildman–Crippen LogP) is 5.49. The van der Waals surface area contributed by atoms with E-state index in [0.29, 0.717) is 22.6 Å². The zero-order valence-electron chi connectivity index (χ0n) is 18.8. The zero-order chi connectivity index (χ0) is 25.4. The van der Waals surface area contributed by atoms with E-state index in [0.717, 1.165) is 11.0 Å². The summed E-state index contributed by atoms with van der Waals surface area (Å²) in [4.78, 5) is 25.1. The molecule has 0 saturated carbocycles. The first kappa shape index (κ1) is 23.4. The van der Waals surface area contributed by atoms with Crippen LogP contribution in [-0.2, 0) is 13.6 Å². The van der Waals surface area contributed by atoms with Crippen LogP contribution in [-0.4, -0.2) is 40.2 Å². The lowest BCUT2D eigenvalue weighted by molar-refractivity contribution is -0.0498. The molecule has 8 nitrogen and oxygen atoms in total. The van der Waals surface area contributed by atoms with Gasteiger partial charge in [-0.15, -0.1) is 0 Å². The van der Waals surface area contributed by atoms with Crippen molar-refractivity contribution < 1.29 is 31.8 Å². The highest BCUT2D eigenvalue weighted by Crippen LogP contribution is 2.39. The van der Waals surface area contributed by atoms with Crippen LogP contribution in [0.5, 0.6) is 11.6 Å². The fraction of sp³-hybridized carbons (Fsp3) is 0.208. The molecule has 0 unspecified atom stereocenters. The molecule has 3 heterocycles. The van der Waals surface area contributed by atoms with Gasteiger partial charge < -0.3 is 14.0 Å². The highest BCUT2D eigenvalue weighted by Gasteiger charge is 2.33. The molecule has 0 radical (unpaired) electrons. The van der Waals surface area contributed by atoms with Crippen LogP contribution in [0.25, 0.3) is 11.0 Å². The number of carbonyl (C=O) groups excluding carboxylic acids is 1. The number of halogens is 4. The normalized spacial score (nSPS) is 13.6. The Hall–Kier alpha value is -4.35. The number of hydrogen-bond donors (Lipinski definition) is 0. The van der Waals surface area contributed by atoms with Crippen molar-refractivity contribution in [2.75, 3.05) is 16.4 Å². The third-order valence-electron chi connectivity index (χ3n) is 5.63. The standard InChI is InChI=1S/C24H19F4N5O3/c1-31-13-30-18-7-4-16(8-20(18)31)32-11-14-10-29-22(35-12-21(25)26)9-19(14)33(24(32)34)15-2-5-17(6-3-15)36-23(27)28/h2-10,13,21,23H,11-12H2,1H3. The Bertz CT molecular complexity index is 1410. The molecule has 4 aromatic rings. The lowest BCUT2D eigenvalue weighted by Gasteiger charge is -2.37. The third kappa shape index (κ3) is 4.49. The van der Waals surface area contributed by atoms with Gasteiger partial charge in [-0.1, -0.05) is 0 Å². The van der Waals surface area contributed by atoms with Crippen LogP contribution < -0.4 is 19.3 Å². The SMILES string of the molecule is Cn1cnc2ccc(N3Cc4cnc(OCC(F)F)cc4N(c4ccc(OC(F)F)cc4)C3=O)cc21. The van der Waals surface area contributed by atoms with E-state index in [4.69, 9.17) is 4.74 Å². The van der Waals surface area contributed by atoms with E-state index in [-0.39, 0.29) is 18.2 Å². The van der Waals surface area contributed by atoms with E-state index >= 15 is 0 Å². The molecule has 0 fully saturated rings. The van der Waals surface area contributed by atoms with Crippen molar-refractivity contribution in [2.45, 2.75) is 19.6 Å². The highest BCUT2D eigenvalue weighted by atomic mass is 19.3. The Balaban J connectivity index is 1.57. The summed E-state index contributed by atoms with van der Waals surface area (Å²) < 4.78 is 61.8. The first-order chi connectivity index (χ1) is 17.3. The van der Waals surface area contributed by atoms with Gasteiger partial charge >= 0.3 is 12.6 Å².